The van der Waals surface area contributed by atoms with Gasteiger partial charge in [0.1, 0.15) is 5.75 Å². The molecule has 4 rings (SSSR count). The molecule has 0 saturated carbocycles. The van der Waals surface area contributed by atoms with Crippen molar-refractivity contribution in [3.05, 3.63) is 54.2 Å². The quantitative estimate of drug-likeness (QED) is 0.117. The van der Waals surface area contributed by atoms with Gasteiger partial charge in [-0.2, -0.15) is 0 Å². The standard InChI is InChI=1S/C18H16N8O4S2/c1-29-12-5-3-11(4-6-12)26-15(16(28)30-24-26)13(27)9-32-18-23-22-14(25(18)19)10-31-17-20-7-2-8-21-17/h2-8H,9-10,19H2,1H3. The van der Waals surface area contributed by atoms with Crippen LogP contribution in [0.4, 0.5) is 0 Å². The number of nitrogens with two attached hydrogens (primary N) is 1. The van der Waals surface area contributed by atoms with Crippen LogP contribution in [0.1, 0.15) is 16.3 Å². The minimum absolute atomic E-state index is 0.114. The minimum atomic E-state index is -0.833. The number of hydrogen-bond donors (Lipinski definition) is 1. The van der Waals surface area contributed by atoms with Crippen molar-refractivity contribution < 1.29 is 23.8 Å². The van der Waals surface area contributed by atoms with Gasteiger partial charge in [0.2, 0.25) is 16.6 Å². The SMILES string of the molecule is COc1ccc(-[n+]2noc([O-])c2C(=O)CSc2nnc(CSc3ncccn3)n2N)cc1. The Balaban J connectivity index is 1.43. The molecule has 0 atom stereocenters. The topological polar surface area (TPSA) is 162 Å². The van der Waals surface area contributed by atoms with Crippen LogP contribution in [0.3, 0.4) is 0 Å². The number of nitrogen functional groups attached to an aromatic ring is 1. The second-order valence-electron chi connectivity index (χ2n) is 6.12. The maximum absolute atomic E-state index is 12.8. The van der Waals surface area contributed by atoms with Crippen LogP contribution in [0.5, 0.6) is 11.7 Å². The Labute approximate surface area is 189 Å². The van der Waals surface area contributed by atoms with Crippen molar-refractivity contribution in [1.82, 2.24) is 30.1 Å². The Hall–Kier alpha value is -3.65. The first-order valence-corrected chi connectivity index (χ1v) is 11.0. The molecular weight excluding hydrogens is 456 g/mol. The Morgan fingerprint density at radius 1 is 1.22 bits per heavy atom. The van der Waals surface area contributed by atoms with E-state index >= 15 is 0 Å². The lowest BCUT2D eigenvalue weighted by molar-refractivity contribution is -0.672. The van der Waals surface area contributed by atoms with Gasteiger partial charge in [-0.15, -0.1) is 10.2 Å². The van der Waals surface area contributed by atoms with Crippen LogP contribution >= 0.6 is 23.5 Å². The number of aromatic nitrogens is 7. The summed E-state index contributed by atoms with van der Waals surface area (Å²) in [6, 6.07) is 8.40. The highest BCUT2D eigenvalue weighted by atomic mass is 32.2. The molecule has 0 fully saturated rings. The average molecular weight is 473 g/mol. The summed E-state index contributed by atoms with van der Waals surface area (Å²) in [7, 11) is 1.54. The number of ketones is 1. The van der Waals surface area contributed by atoms with Gasteiger partial charge in [-0.3, -0.25) is 4.79 Å². The first-order valence-electron chi connectivity index (χ1n) is 9.05. The van der Waals surface area contributed by atoms with Crippen LogP contribution in [0.15, 0.2) is 57.6 Å². The molecule has 0 unspecified atom stereocenters. The Morgan fingerprint density at radius 3 is 2.69 bits per heavy atom. The summed E-state index contributed by atoms with van der Waals surface area (Å²) in [5, 5.41) is 24.7. The Morgan fingerprint density at radius 2 is 1.97 bits per heavy atom. The zero-order valence-electron chi connectivity index (χ0n) is 16.6. The van der Waals surface area contributed by atoms with Crippen LogP contribution in [0, 0.1) is 0 Å². The van der Waals surface area contributed by atoms with Gasteiger partial charge >= 0.3 is 5.69 Å². The lowest BCUT2D eigenvalue weighted by Crippen LogP contribution is -2.39. The van der Waals surface area contributed by atoms with E-state index in [1.807, 2.05) is 0 Å². The van der Waals surface area contributed by atoms with Crippen LogP contribution in [0.25, 0.3) is 5.69 Å². The van der Waals surface area contributed by atoms with E-state index < -0.39 is 11.7 Å². The van der Waals surface area contributed by atoms with E-state index in [0.717, 1.165) is 16.4 Å². The first-order chi connectivity index (χ1) is 15.6. The molecule has 3 heterocycles. The smallest absolute Gasteiger partial charge is 0.307 e. The van der Waals surface area contributed by atoms with E-state index in [9.17, 15) is 9.90 Å². The largest absolute Gasteiger partial charge is 0.539 e. The van der Waals surface area contributed by atoms with Gasteiger partial charge in [0, 0.05) is 24.5 Å². The van der Waals surface area contributed by atoms with Crippen molar-refractivity contribution in [1.29, 1.82) is 0 Å². The van der Waals surface area contributed by atoms with E-state index in [1.54, 1.807) is 42.7 Å². The molecule has 164 valence electrons. The number of hydrogen-bond acceptors (Lipinski definition) is 12. The summed E-state index contributed by atoms with van der Waals surface area (Å²) in [6.07, 6.45) is 3.28. The van der Waals surface area contributed by atoms with Gasteiger partial charge in [0.15, 0.2) is 16.9 Å². The van der Waals surface area contributed by atoms with Crippen molar-refractivity contribution >= 4 is 29.3 Å². The third kappa shape index (κ3) is 4.65. The lowest BCUT2D eigenvalue weighted by Gasteiger charge is -2.03. The fourth-order valence-electron chi connectivity index (χ4n) is 2.57. The molecule has 1 aromatic carbocycles. The summed E-state index contributed by atoms with van der Waals surface area (Å²) in [6.45, 7) is 0. The number of carbonyl (C=O) groups excluding carboxylic acids is 1. The molecule has 0 aliphatic carbocycles. The van der Waals surface area contributed by atoms with Gasteiger partial charge in [0.05, 0.1) is 23.9 Å². The summed E-state index contributed by atoms with van der Waals surface area (Å²) in [5.74, 6) is 6.12. The fraction of sp³-hybridized carbons (Fsp3) is 0.167. The number of methoxy groups -OCH3 is 1. The highest BCUT2D eigenvalue weighted by molar-refractivity contribution is 7.99. The Kier molecular flexibility index (Phi) is 6.51. The van der Waals surface area contributed by atoms with E-state index in [2.05, 4.69) is 25.4 Å². The molecule has 2 N–H and O–H groups in total. The predicted molar refractivity (Wildman–Crippen MR) is 111 cm³/mol. The fourth-order valence-corrected chi connectivity index (χ4v) is 4.04. The van der Waals surface area contributed by atoms with Gasteiger partial charge in [-0.25, -0.2) is 14.6 Å². The van der Waals surface area contributed by atoms with Crippen molar-refractivity contribution in [3.63, 3.8) is 0 Å². The number of Topliss-reactive ketones (excluding diaryl/α,β-unsaturated/α-hetero) is 1. The zero-order chi connectivity index (χ0) is 22.5. The van der Waals surface area contributed by atoms with Crippen molar-refractivity contribution in [3.8, 4) is 17.4 Å². The molecule has 0 aliphatic rings. The summed E-state index contributed by atoms with van der Waals surface area (Å²) >= 11 is 2.40. The van der Waals surface area contributed by atoms with Gasteiger partial charge in [-0.1, -0.05) is 23.5 Å². The van der Waals surface area contributed by atoms with E-state index in [0.29, 0.717) is 33.3 Å². The molecule has 0 saturated heterocycles. The minimum Gasteiger partial charge on any atom is -0.539 e. The number of carbonyl (C=O) groups is 1. The lowest BCUT2D eigenvalue weighted by atomic mass is 10.2. The van der Waals surface area contributed by atoms with E-state index in [1.165, 1.54) is 23.5 Å². The molecule has 12 nitrogen and oxygen atoms in total. The van der Waals surface area contributed by atoms with Crippen molar-refractivity contribution in [2.24, 2.45) is 0 Å². The number of rotatable bonds is 9. The molecule has 14 heteroatoms. The molecule has 4 aromatic rings. The maximum Gasteiger partial charge on any atom is 0.307 e. The average Bonchev–Trinajstić information content (AvgIpc) is 3.39. The second kappa shape index (κ2) is 9.65. The van der Waals surface area contributed by atoms with Gasteiger partial charge in [0.25, 0.3) is 0 Å². The van der Waals surface area contributed by atoms with E-state index in [4.69, 9.17) is 15.1 Å². The molecular formula is C18H16N8O4S2. The molecule has 0 radical (unpaired) electrons. The summed E-state index contributed by atoms with van der Waals surface area (Å²) < 4.78 is 12.3. The Bertz CT molecular complexity index is 1210. The normalized spacial score (nSPS) is 10.9. The molecule has 0 aliphatic heterocycles. The van der Waals surface area contributed by atoms with Crippen LogP contribution in [-0.4, -0.2) is 48.8 Å². The van der Waals surface area contributed by atoms with Crippen LogP contribution in [0.2, 0.25) is 0 Å². The monoisotopic (exact) mass is 472 g/mol. The molecule has 0 spiro atoms. The third-order valence-corrected chi connectivity index (χ3v) is 5.95. The molecule has 0 bridgehead atoms. The first kappa shape index (κ1) is 21.6. The number of nitrogens with zero attached hydrogens (tertiary/aromatic N) is 7. The number of ether oxygens (including phenoxy) is 1. The highest BCUT2D eigenvalue weighted by Gasteiger charge is 2.28. The maximum atomic E-state index is 12.8. The second-order valence-corrected chi connectivity index (χ2v) is 8.00. The van der Waals surface area contributed by atoms with Gasteiger partial charge in [-0.05, 0) is 22.9 Å². The summed E-state index contributed by atoms with van der Waals surface area (Å²) in [4.78, 5) is 21.0. The highest BCUT2D eigenvalue weighted by Crippen LogP contribution is 2.22. The number of benzene rings is 1. The number of thioether (sulfide) groups is 2. The van der Waals surface area contributed by atoms with Crippen LogP contribution in [-0.2, 0) is 5.75 Å². The molecule has 3 aromatic heterocycles. The van der Waals surface area contributed by atoms with Crippen LogP contribution < -0.4 is 20.4 Å². The summed E-state index contributed by atoms with van der Waals surface area (Å²) in [5.41, 5.74) is 0.275. The van der Waals surface area contributed by atoms with Crippen molar-refractivity contribution in [2.45, 2.75) is 16.1 Å². The van der Waals surface area contributed by atoms with E-state index in [-0.39, 0.29) is 11.4 Å². The zero-order valence-corrected chi connectivity index (χ0v) is 18.2. The third-order valence-electron chi connectivity index (χ3n) is 4.13. The van der Waals surface area contributed by atoms with Gasteiger partial charge < -0.3 is 20.2 Å². The van der Waals surface area contributed by atoms with Crippen molar-refractivity contribution in [2.75, 3.05) is 18.7 Å². The molecule has 0 amide bonds. The predicted octanol–water partition coefficient (Wildman–Crippen LogP) is 0.396. The molecule has 32 heavy (non-hydrogen) atoms.